The number of rotatable bonds is 7. The van der Waals surface area contributed by atoms with Crippen molar-refractivity contribution in [2.75, 3.05) is 25.2 Å². The predicted molar refractivity (Wildman–Crippen MR) is 75.2 cm³/mol. The number of ether oxygens (including phenoxy) is 1. The van der Waals surface area contributed by atoms with Crippen LogP contribution >= 0.6 is 11.3 Å². The number of nitrogens with zero attached hydrogens (tertiary/aromatic N) is 2. The van der Waals surface area contributed by atoms with Crippen LogP contribution in [0, 0.1) is 12.8 Å². The number of anilines is 1. The molecule has 1 heterocycles. The summed E-state index contributed by atoms with van der Waals surface area (Å²) >= 11 is 1.45. The summed E-state index contributed by atoms with van der Waals surface area (Å²) in [6, 6.07) is 0.391. The molecule has 1 aromatic heterocycles. The maximum Gasteiger partial charge on any atom is 0.355 e. The maximum absolute atomic E-state index is 11.1. The summed E-state index contributed by atoms with van der Waals surface area (Å²) in [6.45, 7) is 5.36. The number of thiazole rings is 1. The number of carbonyl (C=O) groups is 1. The van der Waals surface area contributed by atoms with Gasteiger partial charge in [-0.1, -0.05) is 0 Å². The average molecular weight is 284 g/mol. The minimum absolute atomic E-state index is 0.172. The first-order valence-corrected chi connectivity index (χ1v) is 7.32. The Morgan fingerprint density at radius 1 is 1.63 bits per heavy atom. The van der Waals surface area contributed by atoms with E-state index in [1.54, 1.807) is 14.0 Å². The van der Waals surface area contributed by atoms with E-state index in [2.05, 4.69) is 16.8 Å². The van der Waals surface area contributed by atoms with Crippen molar-refractivity contribution in [1.29, 1.82) is 0 Å². The first-order chi connectivity index (χ1) is 9.04. The molecule has 1 saturated carbocycles. The smallest absolute Gasteiger partial charge is 0.355 e. The highest BCUT2D eigenvalue weighted by molar-refractivity contribution is 7.15. The van der Waals surface area contributed by atoms with E-state index in [4.69, 9.17) is 9.84 Å². The zero-order valence-electron chi connectivity index (χ0n) is 11.5. The molecule has 106 valence electrons. The monoisotopic (exact) mass is 284 g/mol. The van der Waals surface area contributed by atoms with Gasteiger partial charge in [0.15, 0.2) is 10.8 Å². The fourth-order valence-electron chi connectivity index (χ4n) is 2.20. The highest BCUT2D eigenvalue weighted by Crippen LogP contribution is 2.38. The standard InChI is InChI=1S/C13H20N2O3S/c1-8(10-4-5-10)15(6-7-18-3)13-14-11(12(16)17)9(2)19-13/h8,10H,4-7H2,1-3H3,(H,16,17). The van der Waals surface area contributed by atoms with Crippen molar-refractivity contribution in [3.8, 4) is 0 Å². The number of aromatic nitrogens is 1. The minimum Gasteiger partial charge on any atom is -0.476 e. The van der Waals surface area contributed by atoms with E-state index in [1.165, 1.54) is 24.2 Å². The summed E-state index contributed by atoms with van der Waals surface area (Å²) in [5.74, 6) is -0.250. The second kappa shape index (κ2) is 5.88. The fraction of sp³-hybridized carbons (Fsp3) is 0.692. The van der Waals surface area contributed by atoms with Gasteiger partial charge >= 0.3 is 5.97 Å². The van der Waals surface area contributed by atoms with Crippen LogP contribution in [-0.2, 0) is 4.74 Å². The van der Waals surface area contributed by atoms with Crippen LogP contribution in [0.4, 0.5) is 5.13 Å². The normalized spacial score (nSPS) is 16.4. The number of aryl methyl sites for hydroxylation is 1. The van der Waals surface area contributed by atoms with Crippen molar-refractivity contribution >= 4 is 22.4 Å². The third kappa shape index (κ3) is 3.25. The molecule has 0 aromatic carbocycles. The molecule has 0 amide bonds. The summed E-state index contributed by atoms with van der Waals surface area (Å²) in [5, 5.41) is 9.90. The van der Waals surface area contributed by atoms with Crippen molar-refractivity contribution in [2.24, 2.45) is 5.92 Å². The quantitative estimate of drug-likeness (QED) is 0.833. The lowest BCUT2D eigenvalue weighted by Gasteiger charge is -2.28. The molecule has 1 aliphatic carbocycles. The molecule has 0 spiro atoms. The van der Waals surface area contributed by atoms with Gasteiger partial charge in [-0.25, -0.2) is 9.78 Å². The van der Waals surface area contributed by atoms with Gasteiger partial charge in [0.2, 0.25) is 0 Å². The Morgan fingerprint density at radius 3 is 2.79 bits per heavy atom. The van der Waals surface area contributed by atoms with Crippen LogP contribution in [0.15, 0.2) is 0 Å². The number of aromatic carboxylic acids is 1. The largest absolute Gasteiger partial charge is 0.476 e. The zero-order chi connectivity index (χ0) is 14.0. The molecule has 0 radical (unpaired) electrons. The first-order valence-electron chi connectivity index (χ1n) is 6.51. The Bertz CT molecular complexity index is 457. The van der Waals surface area contributed by atoms with Crippen molar-refractivity contribution < 1.29 is 14.6 Å². The molecule has 1 aliphatic rings. The molecule has 1 N–H and O–H groups in total. The van der Waals surface area contributed by atoms with Gasteiger partial charge in [-0.05, 0) is 32.6 Å². The Balaban J connectivity index is 2.21. The van der Waals surface area contributed by atoms with Gasteiger partial charge in [0.25, 0.3) is 0 Å². The third-order valence-corrected chi connectivity index (χ3v) is 4.57. The zero-order valence-corrected chi connectivity index (χ0v) is 12.4. The SMILES string of the molecule is COCCN(c1nc(C(=O)O)c(C)s1)C(C)C1CC1. The van der Waals surface area contributed by atoms with Crippen molar-refractivity contribution in [3.05, 3.63) is 10.6 Å². The summed E-state index contributed by atoms with van der Waals surface area (Å²) in [6.07, 6.45) is 2.50. The first kappa shape index (κ1) is 14.3. The van der Waals surface area contributed by atoms with Crippen LogP contribution in [0.5, 0.6) is 0 Å². The summed E-state index contributed by atoms with van der Waals surface area (Å²) < 4.78 is 5.15. The second-order valence-electron chi connectivity index (χ2n) is 4.97. The Morgan fingerprint density at radius 2 is 2.32 bits per heavy atom. The highest BCUT2D eigenvalue weighted by Gasteiger charge is 2.33. The molecule has 0 aliphatic heterocycles. The summed E-state index contributed by atoms with van der Waals surface area (Å²) in [5.41, 5.74) is 0.172. The fourth-order valence-corrected chi connectivity index (χ4v) is 3.22. The molecule has 5 nitrogen and oxygen atoms in total. The molecule has 1 aromatic rings. The summed E-state index contributed by atoms with van der Waals surface area (Å²) in [4.78, 5) is 18.3. The van der Waals surface area contributed by atoms with Gasteiger partial charge in [-0.3, -0.25) is 0 Å². The van der Waals surface area contributed by atoms with Crippen LogP contribution in [0.2, 0.25) is 0 Å². The molecule has 1 atom stereocenters. The Hall–Kier alpha value is -1.14. The molecular formula is C13H20N2O3S. The Kier molecular flexibility index (Phi) is 4.42. The van der Waals surface area contributed by atoms with Crippen LogP contribution in [0.1, 0.15) is 35.1 Å². The third-order valence-electron chi connectivity index (χ3n) is 3.57. The highest BCUT2D eigenvalue weighted by atomic mass is 32.1. The number of hydrogen-bond acceptors (Lipinski definition) is 5. The van der Waals surface area contributed by atoms with E-state index in [0.717, 1.165) is 16.6 Å². The lowest BCUT2D eigenvalue weighted by Crippen LogP contribution is -2.37. The minimum atomic E-state index is -0.953. The van der Waals surface area contributed by atoms with Gasteiger partial charge in [-0.15, -0.1) is 11.3 Å². The van der Waals surface area contributed by atoms with Crippen LogP contribution in [0.3, 0.4) is 0 Å². The van der Waals surface area contributed by atoms with E-state index < -0.39 is 5.97 Å². The number of hydrogen-bond donors (Lipinski definition) is 1. The number of carboxylic acids is 1. The number of carboxylic acid groups (broad SMARTS) is 1. The lowest BCUT2D eigenvalue weighted by molar-refractivity contribution is 0.0690. The molecular weight excluding hydrogens is 264 g/mol. The van der Waals surface area contributed by atoms with E-state index in [9.17, 15) is 4.79 Å². The van der Waals surface area contributed by atoms with Gasteiger partial charge in [-0.2, -0.15) is 0 Å². The van der Waals surface area contributed by atoms with Crippen LogP contribution in [0.25, 0.3) is 0 Å². The second-order valence-corrected chi connectivity index (χ2v) is 6.15. The van der Waals surface area contributed by atoms with E-state index in [-0.39, 0.29) is 5.69 Å². The molecule has 19 heavy (non-hydrogen) atoms. The average Bonchev–Trinajstić information content (AvgIpc) is 3.13. The van der Waals surface area contributed by atoms with Gasteiger partial charge in [0.05, 0.1) is 6.61 Å². The van der Waals surface area contributed by atoms with E-state index in [0.29, 0.717) is 18.6 Å². The van der Waals surface area contributed by atoms with Crippen molar-refractivity contribution in [1.82, 2.24) is 4.98 Å². The molecule has 6 heteroatoms. The van der Waals surface area contributed by atoms with Crippen LogP contribution < -0.4 is 4.90 Å². The maximum atomic E-state index is 11.1. The lowest BCUT2D eigenvalue weighted by atomic mass is 10.2. The van der Waals surface area contributed by atoms with Gasteiger partial charge < -0.3 is 14.7 Å². The predicted octanol–water partition coefficient (Wildman–Crippen LogP) is 2.40. The van der Waals surface area contributed by atoms with Gasteiger partial charge in [0.1, 0.15) is 0 Å². The van der Waals surface area contributed by atoms with E-state index >= 15 is 0 Å². The topological polar surface area (TPSA) is 62.7 Å². The van der Waals surface area contributed by atoms with E-state index in [1.807, 2.05) is 0 Å². The molecule has 0 bridgehead atoms. The molecule has 2 rings (SSSR count). The van der Waals surface area contributed by atoms with Crippen molar-refractivity contribution in [3.63, 3.8) is 0 Å². The van der Waals surface area contributed by atoms with Crippen LogP contribution in [-0.4, -0.2) is 42.4 Å². The molecule has 1 fully saturated rings. The van der Waals surface area contributed by atoms with Gasteiger partial charge in [0, 0.05) is 24.6 Å². The van der Waals surface area contributed by atoms with Crippen molar-refractivity contribution in [2.45, 2.75) is 32.7 Å². The molecule has 1 unspecified atom stereocenters. The summed E-state index contributed by atoms with van der Waals surface area (Å²) in [7, 11) is 1.68. The number of methoxy groups -OCH3 is 1. The Labute approximate surface area is 117 Å². The molecule has 0 saturated heterocycles.